The molecule has 3 nitrogen and oxygen atoms in total. The third-order valence-corrected chi connectivity index (χ3v) is 4.48. The van der Waals surface area contributed by atoms with Crippen molar-refractivity contribution in [3.63, 3.8) is 0 Å². The van der Waals surface area contributed by atoms with Crippen molar-refractivity contribution < 1.29 is 9.15 Å². The van der Waals surface area contributed by atoms with Gasteiger partial charge in [0.05, 0.1) is 0 Å². The summed E-state index contributed by atoms with van der Waals surface area (Å²) in [5.74, 6) is 0.682. The standard InChI is InChI=1S/C22H18O3/c1-14-11-22(23)25-21-13-19(9-10-20(14)21)24-15(2)17-8-7-16-5-3-4-6-18(16)12-17/h3-13,15H,1-2H3. The number of benzene rings is 3. The Kier molecular flexibility index (Phi) is 3.77. The van der Waals surface area contributed by atoms with Crippen LogP contribution >= 0.6 is 0 Å². The summed E-state index contributed by atoms with van der Waals surface area (Å²) in [5.41, 5.74) is 2.21. The average Bonchev–Trinajstić information content (AvgIpc) is 2.60. The first-order chi connectivity index (χ1) is 12.1. The molecule has 0 spiro atoms. The summed E-state index contributed by atoms with van der Waals surface area (Å²) >= 11 is 0. The predicted octanol–water partition coefficient (Wildman–Crippen LogP) is 5.39. The number of hydrogen-bond acceptors (Lipinski definition) is 3. The molecule has 124 valence electrons. The third kappa shape index (κ3) is 3.01. The molecular formula is C22H18O3. The van der Waals surface area contributed by atoms with Gasteiger partial charge in [-0.1, -0.05) is 36.4 Å². The van der Waals surface area contributed by atoms with Crippen LogP contribution in [-0.4, -0.2) is 0 Å². The molecule has 0 amide bonds. The lowest BCUT2D eigenvalue weighted by Gasteiger charge is -2.16. The van der Waals surface area contributed by atoms with Crippen LogP contribution in [0.2, 0.25) is 0 Å². The number of ether oxygens (including phenoxy) is 1. The topological polar surface area (TPSA) is 39.4 Å². The van der Waals surface area contributed by atoms with Crippen LogP contribution in [0.25, 0.3) is 21.7 Å². The van der Waals surface area contributed by atoms with E-state index in [9.17, 15) is 4.79 Å². The Labute approximate surface area is 145 Å². The van der Waals surface area contributed by atoms with Crippen LogP contribution < -0.4 is 10.4 Å². The van der Waals surface area contributed by atoms with Crippen LogP contribution in [0, 0.1) is 6.92 Å². The Morgan fingerprint density at radius 3 is 2.56 bits per heavy atom. The Morgan fingerprint density at radius 2 is 1.72 bits per heavy atom. The Balaban J connectivity index is 1.66. The molecule has 0 N–H and O–H groups in total. The highest BCUT2D eigenvalue weighted by molar-refractivity contribution is 5.83. The van der Waals surface area contributed by atoms with Crippen LogP contribution in [0.3, 0.4) is 0 Å². The molecule has 0 aliphatic heterocycles. The normalized spacial score (nSPS) is 12.4. The van der Waals surface area contributed by atoms with E-state index >= 15 is 0 Å². The molecule has 0 aliphatic carbocycles. The fraction of sp³-hybridized carbons (Fsp3) is 0.136. The highest BCUT2D eigenvalue weighted by Crippen LogP contribution is 2.28. The maximum atomic E-state index is 11.6. The molecule has 3 heteroatoms. The zero-order valence-corrected chi connectivity index (χ0v) is 14.2. The molecule has 0 radical (unpaired) electrons. The first-order valence-electron chi connectivity index (χ1n) is 8.30. The number of rotatable bonds is 3. The fourth-order valence-electron chi connectivity index (χ4n) is 3.11. The summed E-state index contributed by atoms with van der Waals surface area (Å²) in [7, 11) is 0. The SMILES string of the molecule is Cc1cc(=O)oc2cc(OC(C)c3ccc4ccccc4c3)ccc12. The molecule has 0 bridgehead atoms. The van der Waals surface area contributed by atoms with Gasteiger partial charge in [-0.2, -0.15) is 0 Å². The van der Waals surface area contributed by atoms with Crippen molar-refractivity contribution in [2.24, 2.45) is 0 Å². The summed E-state index contributed by atoms with van der Waals surface area (Å²) < 4.78 is 11.4. The van der Waals surface area contributed by atoms with Crippen molar-refractivity contribution in [1.82, 2.24) is 0 Å². The van der Waals surface area contributed by atoms with Gasteiger partial charge in [0.2, 0.25) is 0 Å². The zero-order valence-electron chi connectivity index (χ0n) is 14.2. The van der Waals surface area contributed by atoms with Crippen molar-refractivity contribution in [2.45, 2.75) is 20.0 Å². The molecule has 4 aromatic rings. The summed E-state index contributed by atoms with van der Waals surface area (Å²) in [4.78, 5) is 11.6. The van der Waals surface area contributed by atoms with Crippen LogP contribution in [0.15, 0.2) is 75.9 Å². The average molecular weight is 330 g/mol. The molecule has 1 heterocycles. The van der Waals surface area contributed by atoms with E-state index in [-0.39, 0.29) is 11.7 Å². The molecule has 0 aliphatic rings. The molecule has 25 heavy (non-hydrogen) atoms. The van der Waals surface area contributed by atoms with E-state index in [2.05, 4.69) is 30.3 Å². The minimum absolute atomic E-state index is 0.112. The Hall–Kier alpha value is -3.07. The van der Waals surface area contributed by atoms with Gasteiger partial charge in [0, 0.05) is 17.5 Å². The van der Waals surface area contributed by atoms with Gasteiger partial charge in [-0.15, -0.1) is 0 Å². The highest BCUT2D eigenvalue weighted by atomic mass is 16.5. The van der Waals surface area contributed by atoms with Crippen molar-refractivity contribution >= 4 is 21.7 Å². The number of fused-ring (bicyclic) bond motifs is 2. The molecule has 0 fully saturated rings. The second kappa shape index (κ2) is 6.10. The van der Waals surface area contributed by atoms with E-state index in [0.29, 0.717) is 11.3 Å². The van der Waals surface area contributed by atoms with E-state index in [1.165, 1.54) is 16.8 Å². The number of aryl methyl sites for hydroxylation is 1. The Morgan fingerprint density at radius 1 is 0.920 bits per heavy atom. The van der Waals surface area contributed by atoms with E-state index in [1.54, 1.807) is 6.07 Å². The number of hydrogen-bond donors (Lipinski definition) is 0. The van der Waals surface area contributed by atoms with Gasteiger partial charge in [0.1, 0.15) is 17.4 Å². The van der Waals surface area contributed by atoms with Gasteiger partial charge in [-0.25, -0.2) is 4.79 Å². The van der Waals surface area contributed by atoms with Crippen molar-refractivity contribution in [1.29, 1.82) is 0 Å². The first kappa shape index (κ1) is 15.5. The lowest BCUT2D eigenvalue weighted by Crippen LogP contribution is -2.03. The molecule has 0 saturated heterocycles. The van der Waals surface area contributed by atoms with Crippen LogP contribution in [0.4, 0.5) is 0 Å². The van der Waals surface area contributed by atoms with Gasteiger partial charge in [-0.3, -0.25) is 0 Å². The van der Waals surface area contributed by atoms with Gasteiger partial charge < -0.3 is 9.15 Å². The van der Waals surface area contributed by atoms with Gasteiger partial charge in [-0.05, 0) is 53.9 Å². The van der Waals surface area contributed by atoms with E-state index in [0.717, 1.165) is 16.5 Å². The highest BCUT2D eigenvalue weighted by Gasteiger charge is 2.10. The monoisotopic (exact) mass is 330 g/mol. The summed E-state index contributed by atoms with van der Waals surface area (Å²) in [6.45, 7) is 3.91. The van der Waals surface area contributed by atoms with Gasteiger partial charge in [0.15, 0.2) is 0 Å². The smallest absolute Gasteiger partial charge is 0.336 e. The molecule has 4 rings (SSSR count). The quantitative estimate of drug-likeness (QED) is 0.472. The van der Waals surface area contributed by atoms with Crippen molar-refractivity contribution in [2.75, 3.05) is 0 Å². The lowest BCUT2D eigenvalue weighted by atomic mass is 10.0. The second-order valence-electron chi connectivity index (χ2n) is 6.27. The Bertz CT molecular complexity index is 1120. The maximum Gasteiger partial charge on any atom is 0.336 e. The minimum atomic E-state index is -0.343. The predicted molar refractivity (Wildman–Crippen MR) is 100 cm³/mol. The van der Waals surface area contributed by atoms with Crippen molar-refractivity contribution in [3.05, 3.63) is 88.3 Å². The third-order valence-electron chi connectivity index (χ3n) is 4.48. The largest absolute Gasteiger partial charge is 0.486 e. The molecular weight excluding hydrogens is 312 g/mol. The molecule has 3 aromatic carbocycles. The summed E-state index contributed by atoms with van der Waals surface area (Å²) in [6, 6.07) is 21.7. The molecule has 1 unspecified atom stereocenters. The van der Waals surface area contributed by atoms with E-state index in [1.807, 2.05) is 38.1 Å². The first-order valence-corrected chi connectivity index (χ1v) is 8.30. The lowest BCUT2D eigenvalue weighted by molar-refractivity contribution is 0.227. The van der Waals surface area contributed by atoms with Crippen molar-refractivity contribution in [3.8, 4) is 5.75 Å². The fourth-order valence-corrected chi connectivity index (χ4v) is 3.11. The molecule has 1 aromatic heterocycles. The molecule has 0 saturated carbocycles. The maximum absolute atomic E-state index is 11.6. The van der Waals surface area contributed by atoms with Crippen LogP contribution in [0.1, 0.15) is 24.2 Å². The minimum Gasteiger partial charge on any atom is -0.486 e. The zero-order chi connectivity index (χ0) is 17.4. The molecule has 1 atom stereocenters. The van der Waals surface area contributed by atoms with E-state index in [4.69, 9.17) is 9.15 Å². The van der Waals surface area contributed by atoms with Crippen LogP contribution in [-0.2, 0) is 0 Å². The summed E-state index contributed by atoms with van der Waals surface area (Å²) in [6.07, 6.45) is -0.112. The van der Waals surface area contributed by atoms with Crippen LogP contribution in [0.5, 0.6) is 5.75 Å². The van der Waals surface area contributed by atoms with Gasteiger partial charge >= 0.3 is 5.63 Å². The van der Waals surface area contributed by atoms with Gasteiger partial charge in [0.25, 0.3) is 0 Å². The van der Waals surface area contributed by atoms with E-state index < -0.39 is 0 Å². The summed E-state index contributed by atoms with van der Waals surface area (Å²) in [5, 5.41) is 3.32. The second-order valence-corrected chi connectivity index (χ2v) is 6.27.